The van der Waals surface area contributed by atoms with Gasteiger partial charge in [0.05, 0.1) is 12.4 Å². The molecule has 1 heterocycles. The largest absolute Gasteiger partial charge is 0.269 e. The van der Waals surface area contributed by atoms with Gasteiger partial charge >= 0.3 is 0 Å². The summed E-state index contributed by atoms with van der Waals surface area (Å²) in [5, 5.41) is 8.22. The third kappa shape index (κ3) is 3.91. The van der Waals surface area contributed by atoms with E-state index in [1.54, 1.807) is 19.3 Å². The van der Waals surface area contributed by atoms with Crippen molar-refractivity contribution in [3.05, 3.63) is 58.9 Å². The Hall–Kier alpha value is -2.69. The fourth-order valence-corrected chi connectivity index (χ4v) is 2.02. The van der Waals surface area contributed by atoms with Crippen molar-refractivity contribution in [1.82, 2.24) is 15.2 Å². The maximum Gasteiger partial charge on any atom is 0.267 e. The average molecular weight is 296 g/mol. The molecule has 5 heteroatoms. The fraction of sp³-hybridized carbons (Fsp3) is 0.235. The Kier molecular flexibility index (Phi) is 5.25. The van der Waals surface area contributed by atoms with Crippen molar-refractivity contribution in [2.45, 2.75) is 27.3 Å². The highest BCUT2D eigenvalue weighted by Gasteiger charge is 2.04. The molecule has 0 aliphatic rings. The van der Waals surface area contributed by atoms with E-state index in [1.807, 2.05) is 54.9 Å². The monoisotopic (exact) mass is 296 g/mol. The van der Waals surface area contributed by atoms with Crippen LogP contribution in [0.1, 0.15) is 30.7 Å². The lowest BCUT2D eigenvalue weighted by molar-refractivity contribution is -0.117. The second-order valence-corrected chi connectivity index (χ2v) is 4.94. The zero-order chi connectivity index (χ0) is 15.9. The Labute approximate surface area is 130 Å². The highest BCUT2D eigenvalue weighted by molar-refractivity contribution is 5.97. The van der Waals surface area contributed by atoms with Crippen LogP contribution in [-0.2, 0) is 11.3 Å². The maximum absolute atomic E-state index is 12.0. The van der Waals surface area contributed by atoms with Crippen molar-refractivity contribution < 1.29 is 4.79 Å². The standard InChI is InChI=1S/C17H20N4O/c1-4-21-14(3)16(12-19-21)11-18-20-17(22)13(2)10-15-8-6-5-7-9-15/h5-12H,4H2,1-3H3,(H,20,22)/b13-10-,18-11?. The first kappa shape index (κ1) is 15.7. The number of aryl methyl sites for hydroxylation is 1. The zero-order valence-corrected chi connectivity index (χ0v) is 13.1. The molecule has 0 aliphatic heterocycles. The predicted octanol–water partition coefficient (Wildman–Crippen LogP) is 2.77. The van der Waals surface area contributed by atoms with Crippen molar-refractivity contribution in [3.63, 3.8) is 0 Å². The number of benzene rings is 1. The molecule has 0 atom stereocenters. The van der Waals surface area contributed by atoms with Crippen LogP contribution in [0.4, 0.5) is 0 Å². The number of nitrogens with zero attached hydrogens (tertiary/aromatic N) is 3. The van der Waals surface area contributed by atoms with Crippen molar-refractivity contribution in [2.24, 2.45) is 5.10 Å². The second kappa shape index (κ2) is 7.36. The van der Waals surface area contributed by atoms with Crippen LogP contribution in [0.3, 0.4) is 0 Å². The molecule has 0 bridgehead atoms. The number of hydrazone groups is 1. The van der Waals surface area contributed by atoms with Crippen LogP contribution < -0.4 is 5.43 Å². The Bertz CT molecular complexity index is 699. The van der Waals surface area contributed by atoms with Gasteiger partial charge in [0.15, 0.2) is 0 Å². The second-order valence-electron chi connectivity index (χ2n) is 4.94. The molecule has 114 valence electrons. The molecule has 1 N–H and O–H groups in total. The Morgan fingerprint density at radius 2 is 2.09 bits per heavy atom. The molecule has 5 nitrogen and oxygen atoms in total. The van der Waals surface area contributed by atoms with E-state index in [-0.39, 0.29) is 5.91 Å². The van der Waals surface area contributed by atoms with Gasteiger partial charge < -0.3 is 0 Å². The Morgan fingerprint density at radius 1 is 1.36 bits per heavy atom. The minimum Gasteiger partial charge on any atom is -0.269 e. The van der Waals surface area contributed by atoms with Crippen LogP contribution >= 0.6 is 0 Å². The quantitative estimate of drug-likeness (QED) is 0.524. The molecule has 0 unspecified atom stereocenters. The van der Waals surface area contributed by atoms with Crippen LogP contribution in [0.15, 0.2) is 47.2 Å². The van der Waals surface area contributed by atoms with Gasteiger partial charge in [-0.05, 0) is 32.4 Å². The van der Waals surface area contributed by atoms with E-state index in [2.05, 4.69) is 15.6 Å². The van der Waals surface area contributed by atoms with Gasteiger partial charge in [-0.1, -0.05) is 30.3 Å². The van der Waals surface area contributed by atoms with E-state index in [4.69, 9.17) is 0 Å². The summed E-state index contributed by atoms with van der Waals surface area (Å²) < 4.78 is 1.88. The van der Waals surface area contributed by atoms with Gasteiger partial charge in [-0.15, -0.1) is 0 Å². The van der Waals surface area contributed by atoms with Gasteiger partial charge in [-0.2, -0.15) is 10.2 Å². The molecule has 1 aromatic heterocycles. The third-order valence-electron chi connectivity index (χ3n) is 3.35. The number of carbonyl (C=O) groups excluding carboxylic acids is 1. The van der Waals surface area contributed by atoms with Gasteiger partial charge in [-0.25, -0.2) is 5.43 Å². The first-order valence-corrected chi connectivity index (χ1v) is 7.21. The van der Waals surface area contributed by atoms with E-state index < -0.39 is 0 Å². The van der Waals surface area contributed by atoms with Crippen molar-refractivity contribution in [3.8, 4) is 0 Å². The van der Waals surface area contributed by atoms with Gasteiger partial charge in [0, 0.05) is 23.4 Å². The topological polar surface area (TPSA) is 59.3 Å². The highest BCUT2D eigenvalue weighted by atomic mass is 16.2. The summed E-state index contributed by atoms with van der Waals surface area (Å²) >= 11 is 0. The number of amides is 1. The van der Waals surface area contributed by atoms with Crippen LogP contribution in [0, 0.1) is 6.92 Å². The first-order chi connectivity index (χ1) is 10.6. The molecule has 22 heavy (non-hydrogen) atoms. The molecule has 2 rings (SSSR count). The molecular formula is C17H20N4O. The average Bonchev–Trinajstić information content (AvgIpc) is 2.88. The molecule has 0 fully saturated rings. The summed E-state index contributed by atoms with van der Waals surface area (Å²) in [5.74, 6) is -0.222. The summed E-state index contributed by atoms with van der Waals surface area (Å²) in [7, 11) is 0. The van der Waals surface area contributed by atoms with Gasteiger partial charge in [-0.3, -0.25) is 9.48 Å². The van der Waals surface area contributed by atoms with E-state index in [1.165, 1.54) is 0 Å². The lowest BCUT2D eigenvalue weighted by atomic mass is 10.1. The Morgan fingerprint density at radius 3 is 2.73 bits per heavy atom. The number of nitrogens with one attached hydrogen (secondary N) is 1. The lowest BCUT2D eigenvalue weighted by Crippen LogP contribution is -2.18. The predicted molar refractivity (Wildman–Crippen MR) is 88.5 cm³/mol. The SMILES string of the molecule is CCn1ncc(C=NNC(=O)/C(C)=C\c2ccccc2)c1C. The fourth-order valence-electron chi connectivity index (χ4n) is 2.02. The summed E-state index contributed by atoms with van der Waals surface area (Å²) in [6.45, 7) is 6.57. The van der Waals surface area contributed by atoms with Crippen molar-refractivity contribution in [2.75, 3.05) is 0 Å². The smallest absolute Gasteiger partial charge is 0.267 e. The van der Waals surface area contributed by atoms with E-state index in [0.717, 1.165) is 23.4 Å². The highest BCUT2D eigenvalue weighted by Crippen LogP contribution is 2.06. The molecule has 0 saturated heterocycles. The van der Waals surface area contributed by atoms with Gasteiger partial charge in [0.1, 0.15) is 0 Å². The summed E-state index contributed by atoms with van der Waals surface area (Å²) in [4.78, 5) is 12.0. The Balaban J connectivity index is 1.98. The van der Waals surface area contributed by atoms with Gasteiger partial charge in [0.2, 0.25) is 0 Å². The molecule has 1 aromatic carbocycles. The van der Waals surface area contributed by atoms with E-state index in [9.17, 15) is 4.79 Å². The number of hydrogen-bond acceptors (Lipinski definition) is 3. The molecule has 1 amide bonds. The minimum atomic E-state index is -0.222. The number of aromatic nitrogens is 2. The number of hydrogen-bond donors (Lipinski definition) is 1. The summed E-state index contributed by atoms with van der Waals surface area (Å²) in [6.07, 6.45) is 5.18. The zero-order valence-electron chi connectivity index (χ0n) is 13.1. The third-order valence-corrected chi connectivity index (χ3v) is 3.35. The minimum absolute atomic E-state index is 0.222. The molecule has 0 aliphatic carbocycles. The van der Waals surface area contributed by atoms with E-state index in [0.29, 0.717) is 5.57 Å². The first-order valence-electron chi connectivity index (χ1n) is 7.21. The lowest BCUT2D eigenvalue weighted by Gasteiger charge is -2.01. The van der Waals surface area contributed by atoms with E-state index >= 15 is 0 Å². The number of rotatable bonds is 5. The van der Waals surface area contributed by atoms with Crippen LogP contribution in [0.5, 0.6) is 0 Å². The van der Waals surface area contributed by atoms with Crippen LogP contribution in [0.25, 0.3) is 6.08 Å². The number of carbonyl (C=O) groups is 1. The summed E-state index contributed by atoms with van der Waals surface area (Å²) in [5.41, 5.74) is 6.04. The van der Waals surface area contributed by atoms with Gasteiger partial charge in [0.25, 0.3) is 5.91 Å². The van der Waals surface area contributed by atoms with Crippen molar-refractivity contribution in [1.29, 1.82) is 0 Å². The molecule has 0 saturated carbocycles. The van der Waals surface area contributed by atoms with Crippen molar-refractivity contribution >= 4 is 18.2 Å². The molecule has 0 radical (unpaired) electrons. The maximum atomic E-state index is 12.0. The normalized spacial score (nSPS) is 11.9. The summed E-state index contributed by atoms with van der Waals surface area (Å²) in [6, 6.07) is 9.70. The molecular weight excluding hydrogens is 276 g/mol. The molecule has 2 aromatic rings. The van der Waals surface area contributed by atoms with Crippen LogP contribution in [-0.4, -0.2) is 21.9 Å². The molecule has 0 spiro atoms. The van der Waals surface area contributed by atoms with Crippen LogP contribution in [0.2, 0.25) is 0 Å².